The maximum Gasteiger partial charge on any atom is 0.185 e. The van der Waals surface area contributed by atoms with Gasteiger partial charge in [-0.2, -0.15) is 0 Å². The maximum absolute atomic E-state index is 10.9. The molecule has 0 saturated carbocycles. The molecule has 1 aromatic rings. The number of carbonyl (C=O) groups excluding carboxylic acids is 1. The molecule has 4 nitrogen and oxygen atoms in total. The Labute approximate surface area is 107 Å². The van der Waals surface area contributed by atoms with Gasteiger partial charge in [-0.05, 0) is 33.5 Å². The zero-order chi connectivity index (χ0) is 12.8. The van der Waals surface area contributed by atoms with E-state index in [4.69, 9.17) is 0 Å². The van der Waals surface area contributed by atoms with Gasteiger partial charge < -0.3 is 9.80 Å². The van der Waals surface area contributed by atoms with E-state index in [-0.39, 0.29) is 0 Å². The van der Waals surface area contributed by atoms with Gasteiger partial charge in [-0.25, -0.2) is 4.98 Å². The lowest BCUT2D eigenvalue weighted by atomic mass is 10.3. The molecular weight excluding hydrogens is 234 g/mol. The number of nitrogens with zero attached hydrogens (tertiary/aromatic N) is 3. The van der Waals surface area contributed by atoms with Gasteiger partial charge in [0.25, 0.3) is 0 Å². The van der Waals surface area contributed by atoms with Crippen LogP contribution in [-0.4, -0.2) is 50.4 Å². The summed E-state index contributed by atoms with van der Waals surface area (Å²) in [6, 6.07) is 0. The van der Waals surface area contributed by atoms with Gasteiger partial charge in [0.1, 0.15) is 0 Å². The van der Waals surface area contributed by atoms with E-state index in [9.17, 15) is 4.79 Å². The number of rotatable bonds is 7. The monoisotopic (exact) mass is 255 g/mol. The van der Waals surface area contributed by atoms with Crippen molar-refractivity contribution in [3.8, 4) is 0 Å². The molecule has 0 atom stereocenters. The predicted molar refractivity (Wildman–Crippen MR) is 73.3 cm³/mol. The van der Waals surface area contributed by atoms with Crippen molar-refractivity contribution in [1.29, 1.82) is 0 Å². The van der Waals surface area contributed by atoms with Gasteiger partial charge >= 0.3 is 0 Å². The lowest BCUT2D eigenvalue weighted by Crippen LogP contribution is -2.23. The molecule has 0 radical (unpaired) electrons. The summed E-state index contributed by atoms with van der Waals surface area (Å²) >= 11 is 1.48. The van der Waals surface area contributed by atoms with Crippen LogP contribution in [0.2, 0.25) is 0 Å². The van der Waals surface area contributed by atoms with E-state index in [0.717, 1.165) is 47.9 Å². The standard InChI is InChI=1S/C12H21N3OS/c1-5-10-11(9-16)17-12(13-10)15(4)8-6-7-14(2)3/h9H,5-8H2,1-4H3. The number of aromatic nitrogens is 1. The fraction of sp³-hybridized carbons (Fsp3) is 0.667. The van der Waals surface area contributed by atoms with E-state index < -0.39 is 0 Å². The third-order valence-electron chi connectivity index (χ3n) is 2.58. The molecule has 17 heavy (non-hydrogen) atoms. The molecule has 0 aliphatic carbocycles. The Morgan fingerprint density at radius 2 is 2.00 bits per heavy atom. The van der Waals surface area contributed by atoms with Gasteiger partial charge in [-0.3, -0.25) is 4.79 Å². The predicted octanol–water partition coefficient (Wildman–Crippen LogP) is 1.91. The summed E-state index contributed by atoms with van der Waals surface area (Å²) in [5, 5.41) is 0.947. The molecule has 0 aliphatic heterocycles. The van der Waals surface area contributed by atoms with Crippen LogP contribution in [0.3, 0.4) is 0 Å². The smallest absolute Gasteiger partial charge is 0.185 e. The highest BCUT2D eigenvalue weighted by Crippen LogP contribution is 2.24. The second kappa shape index (κ2) is 6.71. The lowest BCUT2D eigenvalue weighted by molar-refractivity contribution is 0.112. The normalized spacial score (nSPS) is 10.9. The highest BCUT2D eigenvalue weighted by atomic mass is 32.1. The quantitative estimate of drug-likeness (QED) is 0.697. The van der Waals surface area contributed by atoms with Crippen molar-refractivity contribution in [2.24, 2.45) is 0 Å². The Kier molecular flexibility index (Phi) is 5.58. The van der Waals surface area contributed by atoms with E-state index in [0.29, 0.717) is 0 Å². The molecule has 0 amide bonds. The summed E-state index contributed by atoms with van der Waals surface area (Å²) in [6.45, 7) is 4.06. The van der Waals surface area contributed by atoms with Crippen molar-refractivity contribution < 1.29 is 4.79 Å². The van der Waals surface area contributed by atoms with Crippen LogP contribution in [0, 0.1) is 0 Å². The van der Waals surface area contributed by atoms with Gasteiger partial charge in [-0.1, -0.05) is 18.3 Å². The van der Waals surface area contributed by atoms with Crippen molar-refractivity contribution in [2.75, 3.05) is 39.1 Å². The van der Waals surface area contributed by atoms with Gasteiger partial charge in [0.15, 0.2) is 11.4 Å². The average Bonchev–Trinajstić information content (AvgIpc) is 2.71. The summed E-state index contributed by atoms with van der Waals surface area (Å²) in [5.41, 5.74) is 0.916. The van der Waals surface area contributed by atoms with E-state index in [1.165, 1.54) is 11.3 Å². The van der Waals surface area contributed by atoms with Crippen molar-refractivity contribution in [3.63, 3.8) is 0 Å². The van der Waals surface area contributed by atoms with Crippen molar-refractivity contribution in [2.45, 2.75) is 19.8 Å². The Bertz CT molecular complexity index is 363. The highest BCUT2D eigenvalue weighted by molar-refractivity contribution is 7.17. The average molecular weight is 255 g/mol. The molecule has 0 unspecified atom stereocenters. The van der Waals surface area contributed by atoms with Gasteiger partial charge in [0.2, 0.25) is 0 Å². The second-order valence-electron chi connectivity index (χ2n) is 4.36. The van der Waals surface area contributed by atoms with Crippen LogP contribution < -0.4 is 4.90 Å². The minimum atomic E-state index is 0.766. The first-order chi connectivity index (χ1) is 8.08. The van der Waals surface area contributed by atoms with Crippen LogP contribution in [0.5, 0.6) is 0 Å². The number of carbonyl (C=O) groups is 1. The molecule has 0 aliphatic rings. The number of anilines is 1. The first-order valence-electron chi connectivity index (χ1n) is 5.89. The molecule has 1 aromatic heterocycles. The van der Waals surface area contributed by atoms with Crippen LogP contribution in [0.1, 0.15) is 28.7 Å². The third kappa shape index (κ3) is 4.09. The van der Waals surface area contributed by atoms with E-state index in [2.05, 4.69) is 28.9 Å². The summed E-state index contributed by atoms with van der Waals surface area (Å²) in [7, 11) is 6.18. The van der Waals surface area contributed by atoms with Crippen LogP contribution in [0.4, 0.5) is 5.13 Å². The van der Waals surface area contributed by atoms with Crippen LogP contribution in [0.15, 0.2) is 0 Å². The Hall–Kier alpha value is -0.940. The minimum absolute atomic E-state index is 0.766. The molecule has 1 rings (SSSR count). The molecule has 1 heterocycles. The summed E-state index contributed by atoms with van der Waals surface area (Å²) in [5.74, 6) is 0. The highest BCUT2D eigenvalue weighted by Gasteiger charge is 2.11. The van der Waals surface area contributed by atoms with E-state index in [1.807, 2.05) is 14.0 Å². The third-order valence-corrected chi connectivity index (χ3v) is 3.72. The molecule has 0 bridgehead atoms. The Morgan fingerprint density at radius 1 is 1.29 bits per heavy atom. The maximum atomic E-state index is 10.9. The zero-order valence-electron chi connectivity index (χ0n) is 11.1. The van der Waals surface area contributed by atoms with Crippen molar-refractivity contribution in [1.82, 2.24) is 9.88 Å². The molecule has 0 aromatic carbocycles. The van der Waals surface area contributed by atoms with Crippen LogP contribution >= 0.6 is 11.3 Å². The molecule has 0 N–H and O–H groups in total. The second-order valence-corrected chi connectivity index (χ2v) is 5.37. The largest absolute Gasteiger partial charge is 0.351 e. The summed E-state index contributed by atoms with van der Waals surface area (Å²) < 4.78 is 0. The van der Waals surface area contributed by atoms with Gasteiger partial charge in [0, 0.05) is 13.6 Å². The van der Waals surface area contributed by atoms with Gasteiger partial charge in [-0.15, -0.1) is 0 Å². The zero-order valence-corrected chi connectivity index (χ0v) is 11.9. The fourth-order valence-electron chi connectivity index (χ4n) is 1.58. The number of aryl methyl sites for hydroxylation is 1. The molecule has 0 saturated heterocycles. The number of aldehydes is 1. The molecule has 96 valence electrons. The molecule has 5 heteroatoms. The van der Waals surface area contributed by atoms with Crippen LogP contribution in [-0.2, 0) is 6.42 Å². The first kappa shape index (κ1) is 14.1. The van der Waals surface area contributed by atoms with Crippen molar-refractivity contribution >= 4 is 22.8 Å². The topological polar surface area (TPSA) is 36.4 Å². The SMILES string of the molecule is CCc1nc(N(C)CCCN(C)C)sc1C=O. The fourth-order valence-corrected chi connectivity index (χ4v) is 2.53. The summed E-state index contributed by atoms with van der Waals surface area (Å²) in [6.07, 6.45) is 2.82. The number of hydrogen-bond donors (Lipinski definition) is 0. The Morgan fingerprint density at radius 3 is 2.47 bits per heavy atom. The molecular formula is C12H21N3OS. The number of hydrogen-bond acceptors (Lipinski definition) is 5. The first-order valence-corrected chi connectivity index (χ1v) is 6.70. The number of thiazole rings is 1. The molecule has 0 spiro atoms. The van der Waals surface area contributed by atoms with Crippen LogP contribution in [0.25, 0.3) is 0 Å². The summed E-state index contributed by atoms with van der Waals surface area (Å²) in [4.78, 5) is 20.4. The van der Waals surface area contributed by atoms with E-state index in [1.54, 1.807) is 0 Å². The lowest BCUT2D eigenvalue weighted by Gasteiger charge is -2.17. The minimum Gasteiger partial charge on any atom is -0.351 e. The molecule has 0 fully saturated rings. The van der Waals surface area contributed by atoms with E-state index >= 15 is 0 Å². The Balaban J connectivity index is 2.59. The van der Waals surface area contributed by atoms with Gasteiger partial charge in [0.05, 0.1) is 10.6 Å². The van der Waals surface area contributed by atoms with Crippen molar-refractivity contribution in [3.05, 3.63) is 10.6 Å².